The molecule has 6 nitrogen and oxygen atoms in total. The lowest BCUT2D eigenvalue weighted by molar-refractivity contribution is 0.163. The predicted molar refractivity (Wildman–Crippen MR) is 74.8 cm³/mol. The fourth-order valence-electron chi connectivity index (χ4n) is 2.13. The van der Waals surface area contributed by atoms with Gasteiger partial charge in [0.25, 0.3) is 0 Å². The van der Waals surface area contributed by atoms with Crippen molar-refractivity contribution in [2.75, 3.05) is 13.2 Å². The Morgan fingerprint density at radius 1 is 1.40 bits per heavy atom. The normalized spacial score (nSPS) is 15.2. The minimum atomic E-state index is -0.668. The van der Waals surface area contributed by atoms with E-state index < -0.39 is 6.10 Å². The number of nitrogens with zero attached hydrogens (tertiary/aromatic N) is 3. The van der Waals surface area contributed by atoms with E-state index in [0.29, 0.717) is 31.1 Å². The van der Waals surface area contributed by atoms with Crippen LogP contribution in [0.4, 0.5) is 0 Å². The van der Waals surface area contributed by atoms with Crippen molar-refractivity contribution in [2.24, 2.45) is 7.05 Å². The Morgan fingerprint density at radius 2 is 2.20 bits per heavy atom. The molecule has 0 saturated heterocycles. The molecule has 1 aliphatic heterocycles. The Morgan fingerprint density at radius 3 is 2.95 bits per heavy atom. The van der Waals surface area contributed by atoms with Gasteiger partial charge < -0.3 is 14.6 Å². The molecule has 106 valence electrons. The Labute approximate surface area is 124 Å². The van der Waals surface area contributed by atoms with Gasteiger partial charge in [-0.15, -0.1) is 5.10 Å². The monoisotopic (exact) mass is 339 g/mol. The van der Waals surface area contributed by atoms with Crippen LogP contribution in [0.5, 0.6) is 11.5 Å². The van der Waals surface area contributed by atoms with E-state index in [1.165, 1.54) is 0 Å². The highest BCUT2D eigenvalue weighted by molar-refractivity contribution is 9.10. The molecule has 0 saturated carbocycles. The molecule has 1 aromatic heterocycles. The largest absolute Gasteiger partial charge is 0.486 e. The zero-order valence-electron chi connectivity index (χ0n) is 10.9. The Kier molecular flexibility index (Phi) is 3.62. The van der Waals surface area contributed by atoms with Crippen LogP contribution in [0.2, 0.25) is 0 Å². The lowest BCUT2D eigenvalue weighted by Gasteiger charge is -2.21. The lowest BCUT2D eigenvalue weighted by atomic mass is 10.0. The first-order chi connectivity index (χ1) is 9.63. The molecule has 1 N–H and O–H groups in total. The van der Waals surface area contributed by atoms with Gasteiger partial charge in [0.15, 0.2) is 11.5 Å². The van der Waals surface area contributed by atoms with Gasteiger partial charge in [0.1, 0.15) is 13.2 Å². The fourth-order valence-corrected chi connectivity index (χ4v) is 2.70. The highest BCUT2D eigenvalue weighted by Crippen LogP contribution is 2.40. The van der Waals surface area contributed by atoms with Crippen LogP contribution in [-0.2, 0) is 13.5 Å². The Bertz CT molecular complexity index is 629. The van der Waals surface area contributed by atoms with E-state index in [1.54, 1.807) is 24.0 Å². The second-order valence-corrected chi connectivity index (χ2v) is 5.48. The Hall–Kier alpha value is -1.60. The average Bonchev–Trinajstić information content (AvgIpc) is 2.84. The summed E-state index contributed by atoms with van der Waals surface area (Å²) in [7, 11) is 1.80. The summed E-state index contributed by atoms with van der Waals surface area (Å²) in [5.74, 6) is 1.34. The van der Waals surface area contributed by atoms with Crippen LogP contribution in [0.15, 0.2) is 22.8 Å². The summed E-state index contributed by atoms with van der Waals surface area (Å²) in [4.78, 5) is 0. The van der Waals surface area contributed by atoms with Gasteiger partial charge in [-0.25, -0.2) is 0 Å². The third kappa shape index (κ3) is 2.64. The molecule has 1 aromatic carbocycles. The number of hydrogen-bond acceptors (Lipinski definition) is 5. The van der Waals surface area contributed by atoms with Crippen molar-refractivity contribution in [3.8, 4) is 11.5 Å². The number of halogens is 1. The van der Waals surface area contributed by atoms with Crippen LogP contribution in [-0.4, -0.2) is 33.3 Å². The molecule has 0 bridgehead atoms. The van der Waals surface area contributed by atoms with E-state index in [0.717, 1.165) is 15.7 Å². The van der Waals surface area contributed by atoms with Crippen molar-refractivity contribution in [3.05, 3.63) is 34.1 Å². The number of fused-ring (bicyclic) bond motifs is 1. The maximum Gasteiger partial charge on any atom is 0.175 e. The quantitative estimate of drug-likeness (QED) is 0.920. The molecule has 0 aliphatic carbocycles. The molecule has 1 aliphatic rings. The first kappa shape index (κ1) is 13.4. The topological polar surface area (TPSA) is 69.4 Å². The summed E-state index contributed by atoms with van der Waals surface area (Å²) in [6.45, 7) is 1.05. The highest BCUT2D eigenvalue weighted by Gasteiger charge is 2.20. The van der Waals surface area contributed by atoms with Crippen molar-refractivity contribution >= 4 is 15.9 Å². The first-order valence-corrected chi connectivity index (χ1v) is 7.05. The van der Waals surface area contributed by atoms with Gasteiger partial charge in [-0.3, -0.25) is 4.68 Å². The van der Waals surface area contributed by atoms with Crippen molar-refractivity contribution in [1.29, 1.82) is 0 Å². The summed E-state index contributed by atoms with van der Waals surface area (Å²) in [6, 6.07) is 3.65. The number of ether oxygens (including phenoxy) is 2. The van der Waals surface area contributed by atoms with Gasteiger partial charge in [0.05, 0.1) is 16.3 Å². The second kappa shape index (κ2) is 5.41. The summed E-state index contributed by atoms with van der Waals surface area (Å²) in [6.07, 6.45) is 1.52. The van der Waals surface area contributed by atoms with Crippen LogP contribution >= 0.6 is 15.9 Å². The summed E-state index contributed by atoms with van der Waals surface area (Å²) >= 11 is 3.44. The maximum atomic E-state index is 10.3. The molecular weight excluding hydrogens is 326 g/mol. The minimum absolute atomic E-state index is 0.403. The Balaban J connectivity index is 1.84. The molecule has 0 fully saturated rings. The zero-order chi connectivity index (χ0) is 14.1. The van der Waals surface area contributed by atoms with E-state index in [-0.39, 0.29) is 0 Å². The van der Waals surface area contributed by atoms with Crippen molar-refractivity contribution in [2.45, 2.75) is 12.5 Å². The second-order valence-electron chi connectivity index (χ2n) is 4.63. The van der Waals surface area contributed by atoms with E-state index in [4.69, 9.17) is 9.47 Å². The number of aryl methyl sites for hydroxylation is 1. The number of aliphatic hydroxyl groups excluding tert-OH is 1. The number of rotatable bonds is 3. The van der Waals surface area contributed by atoms with Crippen LogP contribution in [0.3, 0.4) is 0 Å². The van der Waals surface area contributed by atoms with Crippen molar-refractivity contribution < 1.29 is 14.6 Å². The van der Waals surface area contributed by atoms with Gasteiger partial charge in [0, 0.05) is 19.7 Å². The molecule has 1 atom stereocenters. The van der Waals surface area contributed by atoms with Gasteiger partial charge in [-0.05, 0) is 33.6 Å². The molecule has 0 amide bonds. The number of hydrogen-bond donors (Lipinski definition) is 1. The summed E-state index contributed by atoms with van der Waals surface area (Å²) in [5.41, 5.74) is 1.50. The minimum Gasteiger partial charge on any atom is -0.486 e. The number of aromatic nitrogens is 3. The average molecular weight is 340 g/mol. The van der Waals surface area contributed by atoms with Crippen LogP contribution in [0, 0.1) is 0 Å². The van der Waals surface area contributed by atoms with Gasteiger partial charge in [-0.1, -0.05) is 5.21 Å². The molecule has 20 heavy (non-hydrogen) atoms. The zero-order valence-corrected chi connectivity index (χ0v) is 12.5. The van der Waals surface area contributed by atoms with Crippen molar-refractivity contribution in [1.82, 2.24) is 15.0 Å². The van der Waals surface area contributed by atoms with E-state index in [1.807, 2.05) is 6.07 Å². The molecule has 2 heterocycles. The van der Waals surface area contributed by atoms with E-state index >= 15 is 0 Å². The molecular formula is C13H14BrN3O3. The maximum absolute atomic E-state index is 10.3. The number of aliphatic hydroxyl groups is 1. The molecule has 0 radical (unpaired) electrons. The van der Waals surface area contributed by atoms with Crippen LogP contribution < -0.4 is 9.47 Å². The van der Waals surface area contributed by atoms with E-state index in [9.17, 15) is 5.11 Å². The first-order valence-electron chi connectivity index (χ1n) is 6.26. The van der Waals surface area contributed by atoms with Crippen LogP contribution in [0.1, 0.15) is 17.4 Å². The molecule has 1 unspecified atom stereocenters. The highest BCUT2D eigenvalue weighted by atomic mass is 79.9. The standard InChI is InChI=1S/C13H14BrN3O3/c1-17-7-9(15-16-17)6-11(18)8-4-10(14)13-12(5-8)19-2-3-20-13/h4-5,7,11,18H,2-3,6H2,1H3. The fraction of sp³-hybridized carbons (Fsp3) is 0.385. The van der Waals surface area contributed by atoms with Gasteiger partial charge in [0.2, 0.25) is 0 Å². The third-order valence-corrected chi connectivity index (χ3v) is 3.65. The molecule has 0 spiro atoms. The van der Waals surface area contributed by atoms with Crippen molar-refractivity contribution in [3.63, 3.8) is 0 Å². The lowest BCUT2D eigenvalue weighted by Crippen LogP contribution is -2.16. The van der Waals surface area contributed by atoms with E-state index in [2.05, 4.69) is 26.2 Å². The predicted octanol–water partition coefficient (Wildman–Crippen LogP) is 1.62. The molecule has 3 rings (SSSR count). The molecule has 2 aromatic rings. The van der Waals surface area contributed by atoms with Crippen LogP contribution in [0.25, 0.3) is 0 Å². The SMILES string of the molecule is Cn1cc(CC(O)c2cc(Br)c3c(c2)OCCO3)nn1. The summed E-state index contributed by atoms with van der Waals surface area (Å²) < 4.78 is 13.5. The summed E-state index contributed by atoms with van der Waals surface area (Å²) in [5, 5.41) is 18.1. The molecule has 7 heteroatoms. The smallest absolute Gasteiger partial charge is 0.175 e. The van der Waals surface area contributed by atoms with Gasteiger partial charge >= 0.3 is 0 Å². The number of benzene rings is 1. The third-order valence-electron chi connectivity index (χ3n) is 3.06. The van der Waals surface area contributed by atoms with Gasteiger partial charge in [-0.2, -0.15) is 0 Å².